The minimum atomic E-state index is -0.242. The molecule has 3 nitrogen and oxygen atoms in total. The minimum absolute atomic E-state index is 0.242. The summed E-state index contributed by atoms with van der Waals surface area (Å²) in [5.74, 6) is 0.515. The van der Waals surface area contributed by atoms with Crippen LogP contribution in [0.4, 0.5) is 4.39 Å². The van der Waals surface area contributed by atoms with Crippen LogP contribution in [0.25, 0.3) is 0 Å². The molecular formula is C14H21BrFN3. The standard InChI is InChI=1S/C14H21BrFN3/c1-4-10(3)19-14(17-5-2)18-9-11-8-12(16)6-7-13(11)15/h6-8,10H,4-5,9H2,1-3H3,(H2,17,18,19). The monoisotopic (exact) mass is 329 g/mol. The number of guanidine groups is 1. The first-order valence-electron chi connectivity index (χ1n) is 6.55. The van der Waals surface area contributed by atoms with E-state index in [1.807, 2.05) is 6.92 Å². The van der Waals surface area contributed by atoms with Gasteiger partial charge in [0.15, 0.2) is 5.96 Å². The van der Waals surface area contributed by atoms with Crippen LogP contribution in [0.1, 0.15) is 32.8 Å². The highest BCUT2D eigenvalue weighted by atomic mass is 79.9. The maximum atomic E-state index is 13.2. The van der Waals surface area contributed by atoms with E-state index >= 15 is 0 Å². The van der Waals surface area contributed by atoms with Crippen LogP contribution < -0.4 is 10.6 Å². The molecule has 5 heteroatoms. The first-order valence-corrected chi connectivity index (χ1v) is 7.34. The number of nitrogens with zero attached hydrogens (tertiary/aromatic N) is 1. The summed E-state index contributed by atoms with van der Waals surface area (Å²) in [4.78, 5) is 4.47. The zero-order chi connectivity index (χ0) is 14.3. The molecule has 19 heavy (non-hydrogen) atoms. The number of nitrogens with one attached hydrogen (secondary N) is 2. The Bertz CT molecular complexity index is 435. The van der Waals surface area contributed by atoms with Gasteiger partial charge in [-0.25, -0.2) is 9.38 Å². The third-order valence-electron chi connectivity index (χ3n) is 2.75. The average Bonchev–Trinajstić information content (AvgIpc) is 2.39. The largest absolute Gasteiger partial charge is 0.357 e. The lowest BCUT2D eigenvalue weighted by molar-refractivity contribution is 0.621. The fourth-order valence-electron chi connectivity index (χ4n) is 1.48. The third kappa shape index (κ3) is 5.59. The number of hydrogen-bond donors (Lipinski definition) is 2. The number of benzene rings is 1. The van der Waals surface area contributed by atoms with Crippen LogP contribution in [0, 0.1) is 5.82 Å². The molecule has 0 aliphatic heterocycles. The summed E-state index contributed by atoms with van der Waals surface area (Å²) in [7, 11) is 0. The van der Waals surface area contributed by atoms with Crippen molar-refractivity contribution >= 4 is 21.9 Å². The second-order valence-corrected chi connectivity index (χ2v) is 5.24. The van der Waals surface area contributed by atoms with Gasteiger partial charge in [-0.05, 0) is 44.0 Å². The molecule has 0 spiro atoms. The van der Waals surface area contributed by atoms with Crippen LogP contribution in [-0.4, -0.2) is 18.5 Å². The molecule has 0 aromatic heterocycles. The Labute approximate surface area is 122 Å². The Kier molecular flexibility index (Phi) is 6.84. The molecule has 0 fully saturated rings. The normalized spacial score (nSPS) is 13.2. The molecular weight excluding hydrogens is 309 g/mol. The second kappa shape index (κ2) is 8.15. The van der Waals surface area contributed by atoms with Gasteiger partial charge in [0, 0.05) is 17.1 Å². The van der Waals surface area contributed by atoms with Crippen molar-refractivity contribution in [3.8, 4) is 0 Å². The van der Waals surface area contributed by atoms with Crippen molar-refractivity contribution in [2.75, 3.05) is 6.54 Å². The summed E-state index contributed by atoms with van der Waals surface area (Å²) in [5.41, 5.74) is 0.835. The molecule has 0 bridgehead atoms. The molecule has 0 heterocycles. The molecule has 0 amide bonds. The maximum absolute atomic E-state index is 13.2. The topological polar surface area (TPSA) is 36.4 Å². The van der Waals surface area contributed by atoms with Crippen molar-refractivity contribution < 1.29 is 4.39 Å². The zero-order valence-electron chi connectivity index (χ0n) is 11.6. The Morgan fingerprint density at radius 3 is 2.79 bits per heavy atom. The number of rotatable bonds is 5. The van der Waals surface area contributed by atoms with Gasteiger partial charge in [0.05, 0.1) is 6.54 Å². The van der Waals surface area contributed by atoms with Gasteiger partial charge in [0.25, 0.3) is 0 Å². The lowest BCUT2D eigenvalue weighted by Crippen LogP contribution is -2.41. The van der Waals surface area contributed by atoms with Gasteiger partial charge in [-0.1, -0.05) is 22.9 Å². The van der Waals surface area contributed by atoms with Crippen molar-refractivity contribution in [1.82, 2.24) is 10.6 Å². The van der Waals surface area contributed by atoms with Crippen LogP contribution in [0.5, 0.6) is 0 Å². The summed E-state index contributed by atoms with van der Waals surface area (Å²) >= 11 is 3.41. The van der Waals surface area contributed by atoms with Crippen LogP contribution in [0.3, 0.4) is 0 Å². The summed E-state index contributed by atoms with van der Waals surface area (Å²) in [6, 6.07) is 4.99. The quantitative estimate of drug-likeness (QED) is 0.641. The Hall–Kier alpha value is -1.10. The molecule has 1 atom stereocenters. The molecule has 1 rings (SSSR count). The first-order chi connectivity index (χ1) is 9.06. The van der Waals surface area contributed by atoms with Crippen LogP contribution in [0.2, 0.25) is 0 Å². The maximum Gasteiger partial charge on any atom is 0.191 e. The van der Waals surface area contributed by atoms with Gasteiger partial charge in [0.1, 0.15) is 5.82 Å². The smallest absolute Gasteiger partial charge is 0.191 e. The molecule has 0 saturated heterocycles. The van der Waals surface area contributed by atoms with Crippen molar-refractivity contribution in [2.45, 2.75) is 39.8 Å². The van der Waals surface area contributed by atoms with E-state index in [9.17, 15) is 4.39 Å². The fourth-order valence-corrected chi connectivity index (χ4v) is 1.86. The summed E-state index contributed by atoms with van der Waals surface area (Å²) < 4.78 is 14.1. The van der Waals surface area contributed by atoms with E-state index in [-0.39, 0.29) is 5.82 Å². The molecule has 0 aliphatic rings. The van der Waals surface area contributed by atoms with Crippen molar-refractivity contribution in [1.29, 1.82) is 0 Å². The zero-order valence-corrected chi connectivity index (χ0v) is 13.2. The van der Waals surface area contributed by atoms with Gasteiger partial charge < -0.3 is 10.6 Å². The third-order valence-corrected chi connectivity index (χ3v) is 3.53. The van der Waals surface area contributed by atoms with Crippen molar-refractivity contribution in [2.24, 2.45) is 4.99 Å². The Morgan fingerprint density at radius 1 is 1.42 bits per heavy atom. The number of halogens is 2. The molecule has 106 valence electrons. The van der Waals surface area contributed by atoms with E-state index in [4.69, 9.17) is 0 Å². The predicted molar refractivity (Wildman–Crippen MR) is 81.8 cm³/mol. The highest BCUT2D eigenvalue weighted by molar-refractivity contribution is 9.10. The van der Waals surface area contributed by atoms with Crippen LogP contribution >= 0.6 is 15.9 Å². The fraction of sp³-hybridized carbons (Fsp3) is 0.500. The average molecular weight is 330 g/mol. The highest BCUT2D eigenvalue weighted by Crippen LogP contribution is 2.18. The van der Waals surface area contributed by atoms with Gasteiger partial charge in [0.2, 0.25) is 0 Å². The predicted octanol–water partition coefficient (Wildman–Crippen LogP) is 3.44. The molecule has 1 aromatic rings. The summed E-state index contributed by atoms with van der Waals surface area (Å²) in [6.07, 6.45) is 1.02. The number of hydrogen-bond acceptors (Lipinski definition) is 1. The lowest BCUT2D eigenvalue weighted by Gasteiger charge is -2.16. The van der Waals surface area contributed by atoms with Crippen LogP contribution in [-0.2, 0) is 6.54 Å². The van der Waals surface area contributed by atoms with Gasteiger partial charge in [-0.2, -0.15) is 0 Å². The highest BCUT2D eigenvalue weighted by Gasteiger charge is 2.04. The van der Waals surface area contributed by atoms with E-state index in [0.29, 0.717) is 12.6 Å². The summed E-state index contributed by atoms with van der Waals surface area (Å²) in [5, 5.41) is 6.48. The molecule has 1 aromatic carbocycles. The Morgan fingerprint density at radius 2 is 2.16 bits per heavy atom. The first kappa shape index (κ1) is 16.0. The van der Waals surface area contributed by atoms with Gasteiger partial charge >= 0.3 is 0 Å². The molecule has 0 aliphatic carbocycles. The lowest BCUT2D eigenvalue weighted by atomic mass is 10.2. The van der Waals surface area contributed by atoms with E-state index < -0.39 is 0 Å². The Balaban J connectivity index is 2.76. The minimum Gasteiger partial charge on any atom is -0.357 e. The van der Waals surface area contributed by atoms with E-state index in [0.717, 1.165) is 29.0 Å². The van der Waals surface area contributed by atoms with Gasteiger partial charge in [-0.15, -0.1) is 0 Å². The summed E-state index contributed by atoms with van der Waals surface area (Å²) in [6.45, 7) is 7.47. The van der Waals surface area contributed by atoms with Crippen molar-refractivity contribution in [3.63, 3.8) is 0 Å². The number of aliphatic imine (C=N–C) groups is 1. The molecule has 2 N–H and O–H groups in total. The molecule has 0 radical (unpaired) electrons. The van der Waals surface area contributed by atoms with E-state index in [1.165, 1.54) is 12.1 Å². The van der Waals surface area contributed by atoms with E-state index in [1.54, 1.807) is 6.07 Å². The van der Waals surface area contributed by atoms with E-state index in [2.05, 4.69) is 45.4 Å². The van der Waals surface area contributed by atoms with Crippen molar-refractivity contribution in [3.05, 3.63) is 34.1 Å². The molecule has 1 unspecified atom stereocenters. The van der Waals surface area contributed by atoms with Crippen LogP contribution in [0.15, 0.2) is 27.7 Å². The van der Waals surface area contributed by atoms with Gasteiger partial charge in [-0.3, -0.25) is 0 Å². The SMILES string of the molecule is CCNC(=NCc1cc(F)ccc1Br)NC(C)CC. The second-order valence-electron chi connectivity index (χ2n) is 4.38. The molecule has 0 saturated carbocycles.